The molecule has 0 aliphatic heterocycles. The predicted molar refractivity (Wildman–Crippen MR) is 68.0 cm³/mol. The molecule has 1 aromatic heterocycles. The maximum Gasteiger partial charge on any atom is 0.167 e. The number of nitrogens with two attached hydrogens (primary N) is 1. The predicted octanol–water partition coefficient (Wildman–Crippen LogP) is 2.99. The number of para-hydroxylation sites is 1. The lowest BCUT2D eigenvalue weighted by molar-refractivity contribution is 0.0935. The molecule has 3 nitrogen and oxygen atoms in total. The molecule has 2 N–H and O–H groups in total. The number of furan rings is 1. The molecule has 0 bridgehead atoms. The van der Waals surface area contributed by atoms with Gasteiger partial charge in [0.15, 0.2) is 5.78 Å². The highest BCUT2D eigenvalue weighted by atomic mass is 16.3. The molecule has 1 aromatic carbocycles. The van der Waals surface area contributed by atoms with Gasteiger partial charge in [-0.15, -0.1) is 0 Å². The zero-order valence-corrected chi connectivity index (χ0v) is 10.2. The molecule has 0 radical (unpaired) electrons. The van der Waals surface area contributed by atoms with Crippen LogP contribution in [0.1, 0.15) is 30.6 Å². The molecule has 0 unspecified atom stereocenters. The molecule has 17 heavy (non-hydrogen) atoms. The third-order valence-corrected chi connectivity index (χ3v) is 2.97. The molecule has 0 saturated carbocycles. The van der Waals surface area contributed by atoms with Gasteiger partial charge in [-0.2, -0.15) is 0 Å². The van der Waals surface area contributed by atoms with Crippen LogP contribution in [-0.2, 0) is 0 Å². The van der Waals surface area contributed by atoms with E-state index in [1.54, 1.807) is 6.26 Å². The van der Waals surface area contributed by atoms with E-state index >= 15 is 0 Å². The first-order valence-corrected chi connectivity index (χ1v) is 5.73. The number of carbonyl (C=O) groups is 1. The molecule has 0 atom stereocenters. The molecule has 0 saturated heterocycles. The van der Waals surface area contributed by atoms with Crippen molar-refractivity contribution in [3.8, 4) is 0 Å². The Morgan fingerprint density at radius 2 is 2.06 bits per heavy atom. The molecular weight excluding hydrogens is 214 g/mol. The monoisotopic (exact) mass is 231 g/mol. The van der Waals surface area contributed by atoms with Crippen molar-refractivity contribution < 1.29 is 9.21 Å². The van der Waals surface area contributed by atoms with Crippen molar-refractivity contribution in [2.45, 2.75) is 20.3 Å². The van der Waals surface area contributed by atoms with Crippen molar-refractivity contribution in [3.05, 3.63) is 36.1 Å². The largest absolute Gasteiger partial charge is 0.464 e. The zero-order valence-electron chi connectivity index (χ0n) is 10.2. The third-order valence-electron chi connectivity index (χ3n) is 2.97. The van der Waals surface area contributed by atoms with Crippen LogP contribution in [0.25, 0.3) is 11.0 Å². The summed E-state index contributed by atoms with van der Waals surface area (Å²) < 4.78 is 5.37. The number of carbonyl (C=O) groups excluding carboxylic acids is 1. The first-order chi connectivity index (χ1) is 8.03. The number of hydrogen-bond acceptors (Lipinski definition) is 3. The van der Waals surface area contributed by atoms with Gasteiger partial charge >= 0.3 is 0 Å². The van der Waals surface area contributed by atoms with Crippen molar-refractivity contribution in [2.24, 2.45) is 11.1 Å². The first-order valence-electron chi connectivity index (χ1n) is 5.73. The van der Waals surface area contributed by atoms with E-state index in [2.05, 4.69) is 0 Å². The number of ketones is 1. The van der Waals surface area contributed by atoms with Crippen LogP contribution in [0, 0.1) is 5.41 Å². The highest BCUT2D eigenvalue weighted by Crippen LogP contribution is 2.26. The lowest BCUT2D eigenvalue weighted by atomic mass is 9.86. The van der Waals surface area contributed by atoms with E-state index in [0.29, 0.717) is 18.5 Å². The SMILES string of the molecule is CC(C)(CN)CC(=O)c1coc2ccccc12. The molecule has 2 aromatic rings. The Morgan fingerprint density at radius 3 is 2.76 bits per heavy atom. The van der Waals surface area contributed by atoms with Gasteiger partial charge in [-0.1, -0.05) is 32.0 Å². The molecule has 1 heterocycles. The van der Waals surface area contributed by atoms with Crippen LogP contribution < -0.4 is 5.73 Å². The van der Waals surface area contributed by atoms with Gasteiger partial charge in [0.05, 0.1) is 5.56 Å². The van der Waals surface area contributed by atoms with E-state index in [4.69, 9.17) is 10.2 Å². The van der Waals surface area contributed by atoms with Crippen LogP contribution >= 0.6 is 0 Å². The minimum Gasteiger partial charge on any atom is -0.464 e. The van der Waals surface area contributed by atoms with Crippen LogP contribution in [0.15, 0.2) is 34.9 Å². The quantitative estimate of drug-likeness (QED) is 0.823. The molecule has 0 aliphatic rings. The van der Waals surface area contributed by atoms with Crippen LogP contribution in [0.2, 0.25) is 0 Å². The van der Waals surface area contributed by atoms with Crippen molar-refractivity contribution in [1.29, 1.82) is 0 Å². The van der Waals surface area contributed by atoms with E-state index in [-0.39, 0.29) is 11.2 Å². The van der Waals surface area contributed by atoms with E-state index in [1.165, 1.54) is 0 Å². The highest BCUT2D eigenvalue weighted by Gasteiger charge is 2.23. The molecular formula is C14H17NO2. The summed E-state index contributed by atoms with van der Waals surface area (Å²) in [5.41, 5.74) is 6.88. The fraction of sp³-hybridized carbons (Fsp3) is 0.357. The molecule has 3 heteroatoms. The second kappa shape index (κ2) is 4.34. The normalized spacial score (nSPS) is 11.9. The average Bonchev–Trinajstić information content (AvgIpc) is 2.72. The Morgan fingerprint density at radius 1 is 1.35 bits per heavy atom. The van der Waals surface area contributed by atoms with Crippen LogP contribution in [0.5, 0.6) is 0 Å². The van der Waals surface area contributed by atoms with Crippen LogP contribution in [-0.4, -0.2) is 12.3 Å². The number of fused-ring (bicyclic) bond motifs is 1. The van der Waals surface area contributed by atoms with Gasteiger partial charge in [0.2, 0.25) is 0 Å². The first kappa shape index (κ1) is 11.9. The number of Topliss-reactive ketones (excluding diaryl/α,β-unsaturated/α-hetero) is 1. The van der Waals surface area contributed by atoms with Gasteiger partial charge in [-0.05, 0) is 18.0 Å². The Kier molecular flexibility index (Phi) is 3.03. The molecule has 0 amide bonds. The summed E-state index contributed by atoms with van der Waals surface area (Å²) in [6.45, 7) is 4.48. The smallest absolute Gasteiger partial charge is 0.167 e. The summed E-state index contributed by atoms with van der Waals surface area (Å²) in [6.07, 6.45) is 1.98. The van der Waals surface area contributed by atoms with E-state index < -0.39 is 0 Å². The van der Waals surface area contributed by atoms with Crippen LogP contribution in [0.4, 0.5) is 0 Å². The Bertz CT molecular complexity index is 540. The second-order valence-corrected chi connectivity index (χ2v) is 5.11. The van der Waals surface area contributed by atoms with Crippen molar-refractivity contribution in [3.63, 3.8) is 0 Å². The summed E-state index contributed by atoms with van der Waals surface area (Å²) in [7, 11) is 0. The minimum absolute atomic E-state index is 0.0883. The Hall–Kier alpha value is -1.61. The fourth-order valence-corrected chi connectivity index (χ4v) is 1.80. The fourth-order valence-electron chi connectivity index (χ4n) is 1.80. The van der Waals surface area contributed by atoms with Crippen molar-refractivity contribution in [2.75, 3.05) is 6.54 Å². The van der Waals surface area contributed by atoms with E-state index in [1.807, 2.05) is 38.1 Å². The van der Waals surface area contributed by atoms with Gasteiger partial charge in [-0.3, -0.25) is 4.79 Å². The lowest BCUT2D eigenvalue weighted by Gasteiger charge is -2.20. The number of hydrogen-bond donors (Lipinski definition) is 1. The maximum absolute atomic E-state index is 12.2. The number of rotatable bonds is 4. The van der Waals surface area contributed by atoms with Gasteiger partial charge in [-0.25, -0.2) is 0 Å². The van der Waals surface area contributed by atoms with Crippen molar-refractivity contribution >= 4 is 16.8 Å². The topological polar surface area (TPSA) is 56.2 Å². The third kappa shape index (κ3) is 2.39. The Labute approximate surface area is 101 Å². The molecule has 90 valence electrons. The standard InChI is InChI=1S/C14H17NO2/c1-14(2,9-15)7-12(16)11-8-17-13-6-4-3-5-10(11)13/h3-6,8H,7,9,15H2,1-2H3. The summed E-state index contributed by atoms with van der Waals surface area (Å²) in [5.74, 6) is 0.0883. The van der Waals surface area contributed by atoms with Gasteiger partial charge in [0.25, 0.3) is 0 Å². The highest BCUT2D eigenvalue weighted by molar-refractivity contribution is 6.07. The average molecular weight is 231 g/mol. The van der Waals surface area contributed by atoms with E-state index in [9.17, 15) is 4.79 Å². The van der Waals surface area contributed by atoms with Crippen molar-refractivity contribution in [1.82, 2.24) is 0 Å². The number of benzene rings is 1. The van der Waals surface area contributed by atoms with Gasteiger partial charge in [0.1, 0.15) is 11.8 Å². The molecule has 0 aliphatic carbocycles. The molecule has 0 spiro atoms. The zero-order chi connectivity index (χ0) is 12.5. The summed E-state index contributed by atoms with van der Waals surface area (Å²) >= 11 is 0. The van der Waals surface area contributed by atoms with Gasteiger partial charge < -0.3 is 10.2 Å². The second-order valence-electron chi connectivity index (χ2n) is 5.11. The van der Waals surface area contributed by atoms with Gasteiger partial charge in [0, 0.05) is 11.8 Å². The maximum atomic E-state index is 12.2. The molecule has 2 rings (SSSR count). The summed E-state index contributed by atoms with van der Waals surface area (Å²) in [4.78, 5) is 12.2. The molecule has 0 fully saturated rings. The minimum atomic E-state index is -0.171. The van der Waals surface area contributed by atoms with Crippen LogP contribution in [0.3, 0.4) is 0 Å². The summed E-state index contributed by atoms with van der Waals surface area (Å²) in [6, 6.07) is 7.56. The van der Waals surface area contributed by atoms with E-state index in [0.717, 1.165) is 11.0 Å². The lowest BCUT2D eigenvalue weighted by Crippen LogP contribution is -2.26. The summed E-state index contributed by atoms with van der Waals surface area (Å²) in [5, 5.41) is 0.880. The Balaban J connectivity index is 2.31.